The topological polar surface area (TPSA) is 81.7 Å². The summed E-state index contributed by atoms with van der Waals surface area (Å²) in [7, 11) is 0. The molecule has 1 fully saturated rings. The number of benzene rings is 1. The van der Waals surface area contributed by atoms with E-state index < -0.39 is 5.97 Å². The number of ketones is 1. The molecule has 0 aromatic heterocycles. The van der Waals surface area contributed by atoms with Crippen molar-refractivity contribution in [2.45, 2.75) is 53.0 Å². The lowest BCUT2D eigenvalue weighted by molar-refractivity contribution is -0.146. The van der Waals surface area contributed by atoms with Gasteiger partial charge in [-0.2, -0.15) is 0 Å². The standard InChI is InChI=1S/C24H31NO5/c1-6-7-8-9-22(27)29-21-12-17(19(26)15-25-16(2)3)10-11-20(21)30-23(28)18-13-24(4,5)14-18/h6,8-12,16,18,25H,1,7,13-15H2,2-5H3. The summed E-state index contributed by atoms with van der Waals surface area (Å²) in [5, 5.41) is 3.06. The number of nitrogens with one attached hydrogen (secondary N) is 1. The van der Waals surface area contributed by atoms with E-state index in [0.29, 0.717) is 12.0 Å². The van der Waals surface area contributed by atoms with Crippen molar-refractivity contribution in [3.05, 3.63) is 48.6 Å². The average molecular weight is 414 g/mol. The molecule has 0 atom stereocenters. The van der Waals surface area contributed by atoms with Gasteiger partial charge >= 0.3 is 11.9 Å². The third-order valence-electron chi connectivity index (χ3n) is 4.85. The Morgan fingerprint density at radius 3 is 2.50 bits per heavy atom. The molecule has 0 radical (unpaired) electrons. The van der Waals surface area contributed by atoms with E-state index in [1.807, 2.05) is 13.8 Å². The van der Waals surface area contributed by atoms with Gasteiger partial charge in [-0.15, -0.1) is 6.58 Å². The van der Waals surface area contributed by atoms with Crippen LogP contribution in [0.5, 0.6) is 11.5 Å². The number of esters is 2. The second kappa shape index (κ2) is 10.3. The van der Waals surface area contributed by atoms with Crippen LogP contribution in [0.15, 0.2) is 43.0 Å². The van der Waals surface area contributed by atoms with Crippen molar-refractivity contribution in [3.8, 4) is 11.5 Å². The number of carbonyl (C=O) groups excluding carboxylic acids is 3. The Bertz CT molecular complexity index is 830. The van der Waals surface area contributed by atoms with Crippen LogP contribution >= 0.6 is 0 Å². The molecule has 6 heteroatoms. The molecule has 1 aromatic carbocycles. The van der Waals surface area contributed by atoms with E-state index in [0.717, 1.165) is 12.8 Å². The maximum Gasteiger partial charge on any atom is 0.335 e. The van der Waals surface area contributed by atoms with Gasteiger partial charge in [0.05, 0.1) is 12.5 Å². The van der Waals surface area contributed by atoms with Crippen LogP contribution in [0.3, 0.4) is 0 Å². The van der Waals surface area contributed by atoms with Crippen LogP contribution in [0.1, 0.15) is 57.3 Å². The minimum atomic E-state index is -0.621. The average Bonchev–Trinajstić information content (AvgIpc) is 2.65. The SMILES string of the molecule is C=CCC=CC(=O)Oc1cc(C(=O)CNC(C)C)ccc1OC(=O)C1CC(C)(C)C1. The van der Waals surface area contributed by atoms with Crippen molar-refractivity contribution in [2.75, 3.05) is 6.54 Å². The van der Waals surface area contributed by atoms with E-state index in [-0.39, 0.29) is 47.2 Å². The number of ether oxygens (including phenoxy) is 2. The van der Waals surface area contributed by atoms with E-state index in [2.05, 4.69) is 25.7 Å². The lowest BCUT2D eigenvalue weighted by atomic mass is 9.64. The molecule has 0 aliphatic heterocycles. The molecule has 30 heavy (non-hydrogen) atoms. The zero-order valence-corrected chi connectivity index (χ0v) is 18.2. The number of allylic oxidation sites excluding steroid dienone is 2. The Kier molecular flexibility index (Phi) is 8.12. The summed E-state index contributed by atoms with van der Waals surface area (Å²) in [4.78, 5) is 37.0. The van der Waals surface area contributed by atoms with E-state index in [9.17, 15) is 14.4 Å². The summed E-state index contributed by atoms with van der Waals surface area (Å²) in [6.07, 6.45) is 6.56. The highest BCUT2D eigenvalue weighted by Gasteiger charge is 2.41. The minimum Gasteiger partial charge on any atom is -0.422 e. The van der Waals surface area contributed by atoms with Crippen molar-refractivity contribution in [3.63, 3.8) is 0 Å². The number of rotatable bonds is 10. The van der Waals surface area contributed by atoms with Gasteiger partial charge in [-0.05, 0) is 42.9 Å². The summed E-state index contributed by atoms with van der Waals surface area (Å²) < 4.78 is 10.9. The van der Waals surface area contributed by atoms with Gasteiger partial charge in [0.1, 0.15) is 0 Å². The van der Waals surface area contributed by atoms with Crippen LogP contribution in [-0.2, 0) is 9.59 Å². The Morgan fingerprint density at radius 1 is 1.20 bits per heavy atom. The Morgan fingerprint density at radius 2 is 1.90 bits per heavy atom. The fourth-order valence-corrected chi connectivity index (χ4v) is 3.28. The first kappa shape index (κ1) is 23.5. The largest absolute Gasteiger partial charge is 0.422 e. The van der Waals surface area contributed by atoms with Crippen LogP contribution in [0.25, 0.3) is 0 Å². The van der Waals surface area contributed by atoms with Gasteiger partial charge in [0.25, 0.3) is 0 Å². The molecular weight excluding hydrogens is 382 g/mol. The van der Waals surface area contributed by atoms with Crippen molar-refractivity contribution in [1.82, 2.24) is 5.32 Å². The number of hydrogen-bond acceptors (Lipinski definition) is 6. The van der Waals surface area contributed by atoms with E-state index >= 15 is 0 Å². The highest BCUT2D eigenvalue weighted by atomic mass is 16.6. The fourth-order valence-electron chi connectivity index (χ4n) is 3.28. The third-order valence-corrected chi connectivity index (χ3v) is 4.85. The van der Waals surface area contributed by atoms with Gasteiger partial charge in [-0.3, -0.25) is 9.59 Å². The zero-order valence-electron chi connectivity index (χ0n) is 18.2. The van der Waals surface area contributed by atoms with Crippen LogP contribution in [-0.4, -0.2) is 30.3 Å². The van der Waals surface area contributed by atoms with E-state index in [4.69, 9.17) is 9.47 Å². The molecule has 1 aliphatic rings. The first-order valence-corrected chi connectivity index (χ1v) is 10.2. The minimum absolute atomic E-state index is 0.0468. The summed E-state index contributed by atoms with van der Waals surface area (Å²) in [6.45, 7) is 11.8. The van der Waals surface area contributed by atoms with Gasteiger partial charge in [0.15, 0.2) is 17.3 Å². The highest BCUT2D eigenvalue weighted by Crippen LogP contribution is 2.45. The summed E-state index contributed by atoms with van der Waals surface area (Å²) in [5.41, 5.74) is 0.500. The second-order valence-electron chi connectivity index (χ2n) is 8.66. The van der Waals surface area contributed by atoms with Crippen molar-refractivity contribution in [1.29, 1.82) is 0 Å². The van der Waals surface area contributed by atoms with Crippen LogP contribution in [0.4, 0.5) is 0 Å². The molecule has 1 aliphatic carbocycles. The smallest absolute Gasteiger partial charge is 0.335 e. The molecule has 0 unspecified atom stereocenters. The molecule has 2 rings (SSSR count). The highest BCUT2D eigenvalue weighted by molar-refractivity contribution is 5.98. The summed E-state index contributed by atoms with van der Waals surface area (Å²) in [6, 6.07) is 4.67. The number of carbonyl (C=O) groups is 3. The lowest BCUT2D eigenvalue weighted by Crippen LogP contribution is -2.38. The maximum absolute atomic E-state index is 12.5. The first-order valence-electron chi connectivity index (χ1n) is 10.2. The van der Waals surface area contributed by atoms with Gasteiger partial charge in [0, 0.05) is 17.7 Å². The van der Waals surface area contributed by atoms with Crippen molar-refractivity contribution < 1.29 is 23.9 Å². The molecule has 0 saturated heterocycles. The van der Waals surface area contributed by atoms with Crippen LogP contribution < -0.4 is 14.8 Å². The van der Waals surface area contributed by atoms with E-state index in [1.54, 1.807) is 18.2 Å². The monoisotopic (exact) mass is 413 g/mol. The number of Topliss-reactive ketones (excluding diaryl/α,β-unsaturated/α-hetero) is 1. The fraction of sp³-hybridized carbons (Fsp3) is 0.458. The van der Waals surface area contributed by atoms with Crippen molar-refractivity contribution in [2.24, 2.45) is 11.3 Å². The van der Waals surface area contributed by atoms with Gasteiger partial charge in [-0.1, -0.05) is 39.8 Å². The molecule has 1 aromatic rings. The molecule has 0 spiro atoms. The summed E-state index contributed by atoms with van der Waals surface area (Å²) in [5.74, 6) is -1.12. The lowest BCUT2D eigenvalue weighted by Gasteiger charge is -2.40. The molecule has 0 amide bonds. The van der Waals surface area contributed by atoms with Crippen LogP contribution in [0.2, 0.25) is 0 Å². The molecule has 6 nitrogen and oxygen atoms in total. The first-order chi connectivity index (χ1) is 14.1. The normalized spacial score (nSPS) is 15.6. The molecule has 1 N–H and O–H groups in total. The molecule has 1 saturated carbocycles. The van der Waals surface area contributed by atoms with Gasteiger partial charge in [0.2, 0.25) is 0 Å². The second-order valence-corrected chi connectivity index (χ2v) is 8.66. The molecule has 162 valence electrons. The number of hydrogen-bond donors (Lipinski definition) is 1. The third kappa shape index (κ3) is 6.95. The Hall–Kier alpha value is -2.73. The summed E-state index contributed by atoms with van der Waals surface area (Å²) >= 11 is 0. The molecule has 0 bridgehead atoms. The van der Waals surface area contributed by atoms with Crippen molar-refractivity contribution >= 4 is 17.7 Å². The van der Waals surface area contributed by atoms with Gasteiger partial charge < -0.3 is 14.8 Å². The zero-order chi connectivity index (χ0) is 22.3. The molecular formula is C24H31NO5. The van der Waals surface area contributed by atoms with Gasteiger partial charge in [-0.25, -0.2) is 4.79 Å². The Balaban J connectivity index is 2.19. The van der Waals surface area contributed by atoms with E-state index in [1.165, 1.54) is 18.2 Å². The Labute approximate surface area is 178 Å². The maximum atomic E-state index is 12.5. The van der Waals surface area contributed by atoms with Crippen LogP contribution in [0, 0.1) is 11.3 Å². The quantitative estimate of drug-likeness (QED) is 0.203. The molecule has 0 heterocycles. The predicted octanol–water partition coefficient (Wildman–Crippen LogP) is 4.25. The predicted molar refractivity (Wildman–Crippen MR) is 116 cm³/mol.